The van der Waals surface area contributed by atoms with Crippen LogP contribution in [0.5, 0.6) is 5.75 Å². The molecule has 3 nitrogen and oxygen atoms in total. The first-order valence-corrected chi connectivity index (χ1v) is 9.89. The molecular weight excluding hydrogens is 322 g/mol. The fourth-order valence-electron chi connectivity index (χ4n) is 3.56. The zero-order chi connectivity index (χ0) is 18.2. The van der Waals surface area contributed by atoms with Crippen LogP contribution < -0.4 is 10.1 Å². The summed E-state index contributed by atoms with van der Waals surface area (Å²) in [5.74, 6) is 0.763. The molecule has 0 radical (unpaired) electrons. The summed E-state index contributed by atoms with van der Waals surface area (Å²) in [5.41, 5.74) is 2.33. The zero-order valence-corrected chi connectivity index (χ0v) is 15.6. The Bertz CT molecular complexity index is 673. The van der Waals surface area contributed by atoms with E-state index in [1.54, 1.807) is 0 Å². The van der Waals surface area contributed by atoms with E-state index in [0.717, 1.165) is 24.2 Å². The van der Waals surface area contributed by atoms with Crippen LogP contribution in [0.25, 0.3) is 11.1 Å². The zero-order valence-electron chi connectivity index (χ0n) is 15.6. The summed E-state index contributed by atoms with van der Waals surface area (Å²) in [6.45, 7) is 2.00. The standard InChI is InChI=1S/C23H29NO2/c1-2-22(23(25)24-20-12-8-3-4-9-13-20)26-21-16-14-19(15-17-21)18-10-6-5-7-11-18/h5-7,10-11,14-17,20,22H,2-4,8-9,12-13H2,1H3,(H,24,25). The van der Waals surface area contributed by atoms with E-state index in [9.17, 15) is 4.79 Å². The quantitative estimate of drug-likeness (QED) is 0.712. The van der Waals surface area contributed by atoms with Crippen molar-refractivity contribution in [1.82, 2.24) is 5.32 Å². The molecule has 0 heterocycles. The fraction of sp³-hybridized carbons (Fsp3) is 0.435. The minimum absolute atomic E-state index is 0.0199. The summed E-state index contributed by atoms with van der Waals surface area (Å²) in [6, 6.07) is 18.5. The molecule has 138 valence electrons. The monoisotopic (exact) mass is 351 g/mol. The van der Waals surface area contributed by atoms with Gasteiger partial charge < -0.3 is 10.1 Å². The summed E-state index contributed by atoms with van der Waals surface area (Å²) < 4.78 is 5.98. The van der Waals surface area contributed by atoms with E-state index in [0.29, 0.717) is 12.5 Å². The smallest absolute Gasteiger partial charge is 0.261 e. The molecule has 3 heteroatoms. The van der Waals surface area contributed by atoms with Crippen molar-refractivity contribution < 1.29 is 9.53 Å². The maximum atomic E-state index is 12.6. The summed E-state index contributed by atoms with van der Waals surface area (Å²) in [6.07, 6.45) is 7.41. The van der Waals surface area contributed by atoms with Gasteiger partial charge >= 0.3 is 0 Å². The molecule has 1 aliphatic rings. The van der Waals surface area contributed by atoms with Crippen molar-refractivity contribution in [3.05, 3.63) is 54.6 Å². The third-order valence-corrected chi connectivity index (χ3v) is 5.10. The van der Waals surface area contributed by atoms with Gasteiger partial charge in [0.2, 0.25) is 0 Å². The molecule has 0 spiro atoms. The van der Waals surface area contributed by atoms with Crippen molar-refractivity contribution in [2.24, 2.45) is 0 Å². The number of ether oxygens (including phenoxy) is 1. The molecule has 2 aromatic carbocycles. The molecule has 1 N–H and O–H groups in total. The number of benzene rings is 2. The predicted octanol–water partition coefficient (Wildman–Crippen LogP) is 5.35. The predicted molar refractivity (Wildman–Crippen MR) is 106 cm³/mol. The molecule has 0 aliphatic heterocycles. The van der Waals surface area contributed by atoms with Gasteiger partial charge in [0, 0.05) is 6.04 Å². The van der Waals surface area contributed by atoms with Crippen molar-refractivity contribution in [3.8, 4) is 16.9 Å². The second-order valence-electron chi connectivity index (χ2n) is 7.10. The van der Waals surface area contributed by atoms with Crippen LogP contribution in [-0.2, 0) is 4.79 Å². The maximum Gasteiger partial charge on any atom is 0.261 e. The highest BCUT2D eigenvalue weighted by atomic mass is 16.5. The van der Waals surface area contributed by atoms with E-state index in [1.807, 2.05) is 49.4 Å². The number of carbonyl (C=O) groups excluding carboxylic acids is 1. The van der Waals surface area contributed by atoms with E-state index < -0.39 is 6.10 Å². The molecule has 2 aromatic rings. The van der Waals surface area contributed by atoms with Gasteiger partial charge in [0.15, 0.2) is 6.10 Å². The van der Waals surface area contributed by atoms with Gasteiger partial charge in [0.05, 0.1) is 0 Å². The number of nitrogens with one attached hydrogen (secondary N) is 1. The molecule has 26 heavy (non-hydrogen) atoms. The first-order valence-electron chi connectivity index (χ1n) is 9.89. The largest absolute Gasteiger partial charge is 0.481 e. The Morgan fingerprint density at radius 1 is 0.962 bits per heavy atom. The average Bonchev–Trinajstić information content (AvgIpc) is 2.96. The highest BCUT2D eigenvalue weighted by Gasteiger charge is 2.22. The number of rotatable bonds is 6. The highest BCUT2D eigenvalue weighted by molar-refractivity contribution is 5.81. The molecule has 1 fully saturated rings. The van der Waals surface area contributed by atoms with E-state index in [4.69, 9.17) is 4.74 Å². The van der Waals surface area contributed by atoms with Crippen LogP contribution in [0.1, 0.15) is 51.9 Å². The third kappa shape index (κ3) is 5.10. The molecule has 1 amide bonds. The van der Waals surface area contributed by atoms with Crippen LogP contribution in [0.3, 0.4) is 0 Å². The van der Waals surface area contributed by atoms with Gasteiger partial charge in [-0.05, 0) is 42.5 Å². The van der Waals surface area contributed by atoms with E-state index in [1.165, 1.54) is 31.2 Å². The maximum absolute atomic E-state index is 12.6. The Kier molecular flexibility index (Phi) is 6.70. The Balaban J connectivity index is 1.59. The van der Waals surface area contributed by atoms with Crippen LogP contribution in [0, 0.1) is 0 Å². The summed E-state index contributed by atoms with van der Waals surface area (Å²) in [4.78, 5) is 12.6. The van der Waals surface area contributed by atoms with Crippen molar-refractivity contribution in [1.29, 1.82) is 0 Å². The number of amides is 1. The Hall–Kier alpha value is -2.29. The number of hydrogen-bond donors (Lipinski definition) is 1. The van der Waals surface area contributed by atoms with Gasteiger partial charge in [-0.15, -0.1) is 0 Å². The van der Waals surface area contributed by atoms with Crippen molar-refractivity contribution >= 4 is 5.91 Å². The van der Waals surface area contributed by atoms with Crippen LogP contribution >= 0.6 is 0 Å². The van der Waals surface area contributed by atoms with Gasteiger partial charge in [-0.2, -0.15) is 0 Å². The lowest BCUT2D eigenvalue weighted by Crippen LogP contribution is -2.43. The molecule has 1 atom stereocenters. The van der Waals surface area contributed by atoms with E-state index in [-0.39, 0.29) is 5.91 Å². The lowest BCUT2D eigenvalue weighted by molar-refractivity contribution is -0.128. The molecule has 0 saturated heterocycles. The molecule has 0 bridgehead atoms. The van der Waals surface area contributed by atoms with Crippen molar-refractivity contribution in [3.63, 3.8) is 0 Å². The first-order chi connectivity index (χ1) is 12.8. The Labute approximate surface area is 156 Å². The minimum Gasteiger partial charge on any atom is -0.481 e. The minimum atomic E-state index is -0.430. The average molecular weight is 351 g/mol. The van der Waals surface area contributed by atoms with Crippen molar-refractivity contribution in [2.45, 2.75) is 64.0 Å². The van der Waals surface area contributed by atoms with Gasteiger partial charge in [0.1, 0.15) is 5.75 Å². The summed E-state index contributed by atoms with van der Waals surface area (Å²) >= 11 is 0. The van der Waals surface area contributed by atoms with Crippen LogP contribution in [-0.4, -0.2) is 18.1 Å². The van der Waals surface area contributed by atoms with Crippen LogP contribution in [0.2, 0.25) is 0 Å². The van der Waals surface area contributed by atoms with Gasteiger partial charge in [-0.25, -0.2) is 0 Å². The molecule has 1 aliphatic carbocycles. The van der Waals surface area contributed by atoms with Crippen molar-refractivity contribution in [2.75, 3.05) is 0 Å². The van der Waals surface area contributed by atoms with Crippen LogP contribution in [0.15, 0.2) is 54.6 Å². The summed E-state index contributed by atoms with van der Waals surface area (Å²) in [7, 11) is 0. The summed E-state index contributed by atoms with van der Waals surface area (Å²) in [5, 5.41) is 3.20. The normalized spacial score (nSPS) is 16.5. The molecule has 1 saturated carbocycles. The lowest BCUT2D eigenvalue weighted by atomic mass is 10.1. The van der Waals surface area contributed by atoms with E-state index >= 15 is 0 Å². The second-order valence-corrected chi connectivity index (χ2v) is 7.10. The second kappa shape index (κ2) is 9.42. The Morgan fingerprint density at radius 2 is 1.58 bits per heavy atom. The topological polar surface area (TPSA) is 38.3 Å². The molecule has 3 rings (SSSR count). The lowest BCUT2D eigenvalue weighted by Gasteiger charge is -2.22. The number of hydrogen-bond acceptors (Lipinski definition) is 2. The van der Waals surface area contributed by atoms with Gasteiger partial charge in [-0.3, -0.25) is 4.79 Å². The van der Waals surface area contributed by atoms with E-state index in [2.05, 4.69) is 17.4 Å². The molecular formula is C23H29NO2. The molecule has 1 unspecified atom stereocenters. The molecule has 0 aromatic heterocycles. The SMILES string of the molecule is CCC(Oc1ccc(-c2ccccc2)cc1)C(=O)NC1CCCCCC1. The highest BCUT2D eigenvalue weighted by Crippen LogP contribution is 2.23. The van der Waals surface area contributed by atoms with Gasteiger partial charge in [0.25, 0.3) is 5.91 Å². The third-order valence-electron chi connectivity index (χ3n) is 5.10. The Morgan fingerprint density at radius 3 is 2.19 bits per heavy atom. The first kappa shape index (κ1) is 18.5. The van der Waals surface area contributed by atoms with Gasteiger partial charge in [-0.1, -0.05) is 75.1 Å². The van der Waals surface area contributed by atoms with Crippen LogP contribution in [0.4, 0.5) is 0 Å². The number of carbonyl (C=O) groups is 1. The fourth-order valence-corrected chi connectivity index (χ4v) is 3.56.